The lowest BCUT2D eigenvalue weighted by atomic mass is 9.60. The third-order valence-corrected chi connectivity index (χ3v) is 3.96. The number of carbonyl (C=O) groups is 1. The molecule has 88 valence electrons. The Balaban J connectivity index is 2.53. The first-order valence-electron chi connectivity index (χ1n) is 5.95. The summed E-state index contributed by atoms with van der Waals surface area (Å²) in [5.41, 5.74) is 1.91. The quantitative estimate of drug-likeness (QED) is 0.690. The van der Waals surface area contributed by atoms with E-state index in [1.54, 1.807) is 0 Å². The molecule has 2 atom stereocenters. The van der Waals surface area contributed by atoms with Crippen LogP contribution in [0.25, 0.3) is 0 Å². The molecule has 0 spiro atoms. The molecule has 0 saturated carbocycles. The summed E-state index contributed by atoms with van der Waals surface area (Å²) < 4.78 is 0. The lowest BCUT2D eigenvalue weighted by Gasteiger charge is -2.45. The molecule has 0 saturated heterocycles. The molecule has 2 nitrogen and oxygen atoms in total. The largest absolute Gasteiger partial charge is 0.388 e. The maximum atomic E-state index is 11.1. The lowest BCUT2D eigenvalue weighted by molar-refractivity contribution is -0.106. The summed E-state index contributed by atoms with van der Waals surface area (Å²) in [6, 6.07) is 0. The second-order valence-corrected chi connectivity index (χ2v) is 6.10. The van der Waals surface area contributed by atoms with Gasteiger partial charge < -0.3 is 5.11 Å². The molecule has 2 rings (SSSR count). The van der Waals surface area contributed by atoms with E-state index < -0.39 is 6.10 Å². The van der Waals surface area contributed by atoms with E-state index in [2.05, 4.69) is 32.9 Å². The molecule has 2 aliphatic carbocycles. The minimum absolute atomic E-state index is 0.0632. The highest BCUT2D eigenvalue weighted by molar-refractivity contribution is 5.78. The van der Waals surface area contributed by atoms with Crippen LogP contribution in [0, 0.1) is 10.8 Å². The monoisotopic (exact) mass is 220 g/mol. The van der Waals surface area contributed by atoms with Gasteiger partial charge in [0.25, 0.3) is 0 Å². The Morgan fingerprint density at radius 2 is 2.12 bits per heavy atom. The predicted molar refractivity (Wildman–Crippen MR) is 64.0 cm³/mol. The fourth-order valence-electron chi connectivity index (χ4n) is 3.27. The molecular formula is C14H20O2. The smallest absolute Gasteiger partial charge is 0.148 e. The molecule has 0 fully saturated rings. The van der Waals surface area contributed by atoms with Gasteiger partial charge in [0.2, 0.25) is 0 Å². The Labute approximate surface area is 97.0 Å². The predicted octanol–water partition coefficient (Wildman–Crippen LogP) is 2.63. The van der Waals surface area contributed by atoms with Crippen LogP contribution in [0.3, 0.4) is 0 Å². The van der Waals surface area contributed by atoms with Crippen molar-refractivity contribution in [3.63, 3.8) is 0 Å². The van der Waals surface area contributed by atoms with Crippen molar-refractivity contribution in [1.82, 2.24) is 0 Å². The van der Waals surface area contributed by atoms with Gasteiger partial charge in [-0.05, 0) is 35.7 Å². The van der Waals surface area contributed by atoms with Crippen LogP contribution in [-0.2, 0) is 4.79 Å². The van der Waals surface area contributed by atoms with Gasteiger partial charge in [-0.25, -0.2) is 0 Å². The molecule has 0 aromatic heterocycles. The molecule has 0 heterocycles. The Morgan fingerprint density at radius 3 is 2.75 bits per heavy atom. The SMILES string of the molecule is CC1(C)C=CC2=C(C=O)[C@@H](O)CC[C@@]2(C)C1. The van der Waals surface area contributed by atoms with Gasteiger partial charge in [0, 0.05) is 5.57 Å². The summed E-state index contributed by atoms with van der Waals surface area (Å²) >= 11 is 0. The molecule has 0 radical (unpaired) electrons. The first-order valence-corrected chi connectivity index (χ1v) is 5.95. The molecule has 2 aliphatic rings. The third-order valence-electron chi connectivity index (χ3n) is 3.96. The van der Waals surface area contributed by atoms with Gasteiger partial charge in [-0.2, -0.15) is 0 Å². The first kappa shape index (κ1) is 11.6. The highest BCUT2D eigenvalue weighted by atomic mass is 16.3. The summed E-state index contributed by atoms with van der Waals surface area (Å²) in [7, 11) is 0. The van der Waals surface area contributed by atoms with Crippen LogP contribution in [-0.4, -0.2) is 17.5 Å². The zero-order valence-corrected chi connectivity index (χ0v) is 10.3. The van der Waals surface area contributed by atoms with Crippen molar-refractivity contribution in [2.24, 2.45) is 10.8 Å². The van der Waals surface area contributed by atoms with E-state index in [1.165, 1.54) is 0 Å². The fraction of sp³-hybridized carbons (Fsp3) is 0.643. The van der Waals surface area contributed by atoms with Gasteiger partial charge >= 0.3 is 0 Å². The van der Waals surface area contributed by atoms with Crippen LogP contribution in [0.5, 0.6) is 0 Å². The molecule has 0 unspecified atom stereocenters. The van der Waals surface area contributed by atoms with Gasteiger partial charge in [0.15, 0.2) is 0 Å². The highest BCUT2D eigenvalue weighted by Gasteiger charge is 2.42. The molecule has 1 N–H and O–H groups in total. The Bertz CT molecular complexity index is 376. The number of fused-ring (bicyclic) bond motifs is 1. The number of aliphatic hydroxyl groups is 1. The zero-order chi connectivity index (χ0) is 12.0. The topological polar surface area (TPSA) is 37.3 Å². The maximum absolute atomic E-state index is 11.1. The van der Waals surface area contributed by atoms with E-state index in [0.29, 0.717) is 12.0 Å². The van der Waals surface area contributed by atoms with Crippen molar-refractivity contribution in [3.05, 3.63) is 23.3 Å². The van der Waals surface area contributed by atoms with E-state index in [9.17, 15) is 9.90 Å². The van der Waals surface area contributed by atoms with Crippen molar-refractivity contribution in [1.29, 1.82) is 0 Å². The molecule has 0 bridgehead atoms. The van der Waals surface area contributed by atoms with E-state index in [4.69, 9.17) is 0 Å². The van der Waals surface area contributed by atoms with Crippen LogP contribution in [0.1, 0.15) is 40.0 Å². The van der Waals surface area contributed by atoms with Crippen LogP contribution in [0.15, 0.2) is 23.3 Å². The van der Waals surface area contributed by atoms with Crippen LogP contribution >= 0.6 is 0 Å². The number of carbonyl (C=O) groups excluding carboxylic acids is 1. The zero-order valence-electron chi connectivity index (χ0n) is 10.3. The molecule has 0 amide bonds. The molecule has 2 heteroatoms. The van der Waals surface area contributed by atoms with E-state index >= 15 is 0 Å². The van der Waals surface area contributed by atoms with Gasteiger partial charge in [-0.1, -0.05) is 32.9 Å². The van der Waals surface area contributed by atoms with Crippen LogP contribution in [0.4, 0.5) is 0 Å². The van der Waals surface area contributed by atoms with Crippen LogP contribution in [0.2, 0.25) is 0 Å². The second kappa shape index (κ2) is 3.56. The molecule has 0 aliphatic heterocycles. The number of hydrogen-bond donors (Lipinski definition) is 1. The highest BCUT2D eigenvalue weighted by Crippen LogP contribution is 2.51. The number of aliphatic hydroxyl groups excluding tert-OH is 1. The van der Waals surface area contributed by atoms with Crippen molar-refractivity contribution >= 4 is 6.29 Å². The number of allylic oxidation sites excluding steroid dienone is 3. The molecule has 0 aromatic carbocycles. The van der Waals surface area contributed by atoms with Gasteiger partial charge in [0.1, 0.15) is 6.29 Å². The summed E-state index contributed by atoms with van der Waals surface area (Å²) in [5.74, 6) is 0. The third kappa shape index (κ3) is 1.75. The minimum Gasteiger partial charge on any atom is -0.388 e. The van der Waals surface area contributed by atoms with Crippen LogP contribution < -0.4 is 0 Å². The summed E-state index contributed by atoms with van der Waals surface area (Å²) in [6.45, 7) is 6.65. The molecule has 16 heavy (non-hydrogen) atoms. The van der Waals surface area contributed by atoms with Crippen molar-refractivity contribution in [2.75, 3.05) is 0 Å². The van der Waals surface area contributed by atoms with Gasteiger partial charge in [-0.3, -0.25) is 4.79 Å². The standard InChI is InChI=1S/C14H20O2/c1-13(2)6-4-11-10(8-15)12(16)5-7-14(11,3)9-13/h4,6,8,12,16H,5,7,9H2,1-3H3/t12-,14-/m0/s1. The normalized spacial score (nSPS) is 37.1. The average molecular weight is 220 g/mol. The maximum Gasteiger partial charge on any atom is 0.148 e. The van der Waals surface area contributed by atoms with E-state index in [-0.39, 0.29) is 10.8 Å². The first-order chi connectivity index (χ1) is 7.38. The Kier molecular flexibility index (Phi) is 2.58. The molecule has 0 aromatic rings. The summed E-state index contributed by atoms with van der Waals surface area (Å²) in [6.07, 6.45) is 7.20. The van der Waals surface area contributed by atoms with Crippen molar-refractivity contribution in [3.8, 4) is 0 Å². The number of rotatable bonds is 1. The van der Waals surface area contributed by atoms with Crippen molar-refractivity contribution < 1.29 is 9.90 Å². The second-order valence-electron chi connectivity index (χ2n) is 6.10. The van der Waals surface area contributed by atoms with Crippen molar-refractivity contribution in [2.45, 2.75) is 46.1 Å². The average Bonchev–Trinajstić information content (AvgIpc) is 2.17. The number of hydrogen-bond acceptors (Lipinski definition) is 2. The van der Waals surface area contributed by atoms with Gasteiger partial charge in [-0.15, -0.1) is 0 Å². The molecular weight excluding hydrogens is 200 g/mol. The van der Waals surface area contributed by atoms with E-state index in [1.807, 2.05) is 0 Å². The lowest BCUT2D eigenvalue weighted by Crippen LogP contribution is -2.36. The van der Waals surface area contributed by atoms with Gasteiger partial charge in [0.05, 0.1) is 6.10 Å². The Hall–Kier alpha value is -0.890. The van der Waals surface area contributed by atoms with E-state index in [0.717, 1.165) is 24.7 Å². The number of aldehydes is 1. The summed E-state index contributed by atoms with van der Waals surface area (Å²) in [5, 5.41) is 9.83. The Morgan fingerprint density at radius 1 is 1.44 bits per heavy atom. The fourth-order valence-corrected chi connectivity index (χ4v) is 3.27. The minimum atomic E-state index is -0.563. The summed E-state index contributed by atoms with van der Waals surface area (Å²) in [4.78, 5) is 11.1.